The van der Waals surface area contributed by atoms with Gasteiger partial charge >= 0.3 is 0 Å². The zero-order chi connectivity index (χ0) is 13.0. The SMILES string of the molecule is CC=CC[P+](CCCC)(CCCC)CCCC. The maximum absolute atomic E-state index is 2.45. The third kappa shape index (κ3) is 7.98. The highest BCUT2D eigenvalue weighted by Gasteiger charge is 2.33. The summed E-state index contributed by atoms with van der Waals surface area (Å²) < 4.78 is 0. The summed E-state index contributed by atoms with van der Waals surface area (Å²) in [6, 6.07) is 0. The van der Waals surface area contributed by atoms with Crippen molar-refractivity contribution in [2.75, 3.05) is 24.6 Å². The van der Waals surface area contributed by atoms with Gasteiger partial charge in [0.1, 0.15) is 0 Å². The van der Waals surface area contributed by atoms with Crippen LogP contribution in [0.3, 0.4) is 0 Å². The highest BCUT2D eigenvalue weighted by atomic mass is 31.2. The zero-order valence-electron chi connectivity index (χ0n) is 12.7. The van der Waals surface area contributed by atoms with E-state index in [0.717, 1.165) is 0 Å². The van der Waals surface area contributed by atoms with Crippen LogP contribution in [0.15, 0.2) is 12.2 Å². The van der Waals surface area contributed by atoms with Crippen molar-refractivity contribution < 1.29 is 0 Å². The smallest absolute Gasteiger partial charge is 0.0773 e. The van der Waals surface area contributed by atoms with E-state index in [1.807, 2.05) is 0 Å². The van der Waals surface area contributed by atoms with Crippen LogP contribution in [0.25, 0.3) is 0 Å². The average Bonchev–Trinajstić information content (AvgIpc) is 2.37. The summed E-state index contributed by atoms with van der Waals surface area (Å²) in [6.45, 7) is 9.19. The Hall–Kier alpha value is 0.170. The van der Waals surface area contributed by atoms with Gasteiger partial charge in [-0.25, -0.2) is 0 Å². The molecule has 1 heteroatoms. The van der Waals surface area contributed by atoms with Crippen LogP contribution in [0.2, 0.25) is 0 Å². The Morgan fingerprint density at radius 3 is 1.47 bits per heavy atom. The first-order valence-corrected chi connectivity index (χ1v) is 10.2. The van der Waals surface area contributed by atoms with E-state index in [4.69, 9.17) is 0 Å². The van der Waals surface area contributed by atoms with E-state index < -0.39 is 7.26 Å². The van der Waals surface area contributed by atoms with Crippen LogP contribution in [0.4, 0.5) is 0 Å². The molecule has 102 valence electrons. The van der Waals surface area contributed by atoms with Crippen molar-refractivity contribution in [2.45, 2.75) is 66.2 Å². The molecule has 0 spiro atoms. The molecule has 0 saturated heterocycles. The van der Waals surface area contributed by atoms with Gasteiger partial charge in [0.2, 0.25) is 0 Å². The summed E-state index contributed by atoms with van der Waals surface area (Å²) in [5.74, 6) is 0. The molecule has 0 atom stereocenters. The van der Waals surface area contributed by atoms with Gasteiger partial charge in [-0.15, -0.1) is 0 Å². The van der Waals surface area contributed by atoms with Crippen LogP contribution in [0.1, 0.15) is 66.2 Å². The monoisotopic (exact) mass is 257 g/mol. The molecule has 0 bridgehead atoms. The number of hydrogen-bond donors (Lipinski definition) is 0. The van der Waals surface area contributed by atoms with Gasteiger partial charge in [-0.05, 0) is 26.2 Å². The van der Waals surface area contributed by atoms with Crippen molar-refractivity contribution in [3.63, 3.8) is 0 Å². The minimum absolute atomic E-state index is 0.649. The van der Waals surface area contributed by atoms with Crippen LogP contribution >= 0.6 is 7.26 Å². The fraction of sp³-hybridized carbons (Fsp3) is 0.875. The zero-order valence-corrected chi connectivity index (χ0v) is 13.6. The number of unbranched alkanes of at least 4 members (excludes halogenated alkanes) is 3. The molecule has 0 N–H and O–H groups in total. The summed E-state index contributed by atoms with van der Waals surface area (Å²) >= 11 is 0. The molecule has 0 radical (unpaired) electrons. The molecule has 0 amide bonds. The third-order valence-electron chi connectivity index (χ3n) is 3.69. The van der Waals surface area contributed by atoms with Gasteiger partial charge in [-0.1, -0.05) is 52.2 Å². The molecular weight excluding hydrogens is 223 g/mol. The predicted molar refractivity (Wildman–Crippen MR) is 85.9 cm³/mol. The molecule has 0 aliphatic rings. The molecule has 17 heavy (non-hydrogen) atoms. The topological polar surface area (TPSA) is 0 Å². The Balaban J connectivity index is 4.50. The van der Waals surface area contributed by atoms with Crippen molar-refractivity contribution in [1.29, 1.82) is 0 Å². The largest absolute Gasteiger partial charge is 0.0881 e. The van der Waals surface area contributed by atoms with Gasteiger partial charge in [0, 0.05) is 7.26 Å². The summed E-state index contributed by atoms with van der Waals surface area (Å²) in [7, 11) is -0.649. The molecule has 0 saturated carbocycles. The Labute approximate surface area is 111 Å². The van der Waals surface area contributed by atoms with E-state index in [2.05, 4.69) is 39.8 Å². The van der Waals surface area contributed by atoms with Crippen LogP contribution in [-0.2, 0) is 0 Å². The molecule has 0 aromatic rings. The quantitative estimate of drug-likeness (QED) is 0.315. The average molecular weight is 257 g/mol. The lowest BCUT2D eigenvalue weighted by Gasteiger charge is -2.26. The first-order valence-electron chi connectivity index (χ1n) is 7.71. The maximum atomic E-state index is 2.45. The van der Waals surface area contributed by atoms with Crippen molar-refractivity contribution >= 4 is 7.26 Å². The molecule has 0 nitrogen and oxygen atoms in total. The van der Waals surface area contributed by atoms with Gasteiger partial charge in [-0.3, -0.25) is 0 Å². The van der Waals surface area contributed by atoms with Crippen molar-refractivity contribution in [2.24, 2.45) is 0 Å². The highest BCUT2D eigenvalue weighted by Crippen LogP contribution is 2.60. The fourth-order valence-corrected chi connectivity index (χ4v) is 7.26. The van der Waals surface area contributed by atoms with Gasteiger partial charge < -0.3 is 0 Å². The summed E-state index contributed by atoms with van der Waals surface area (Å²) in [5.41, 5.74) is 0. The van der Waals surface area contributed by atoms with E-state index in [1.165, 1.54) is 44.7 Å². The van der Waals surface area contributed by atoms with Crippen molar-refractivity contribution in [1.82, 2.24) is 0 Å². The molecule has 0 aromatic carbocycles. The van der Waals surface area contributed by atoms with Crippen molar-refractivity contribution in [3.8, 4) is 0 Å². The first-order chi connectivity index (χ1) is 8.24. The van der Waals surface area contributed by atoms with Crippen LogP contribution in [0.5, 0.6) is 0 Å². The second-order valence-electron chi connectivity index (χ2n) is 5.32. The minimum Gasteiger partial charge on any atom is -0.0881 e. The Morgan fingerprint density at radius 2 is 1.18 bits per heavy atom. The molecule has 0 aromatic heterocycles. The van der Waals surface area contributed by atoms with Gasteiger partial charge in [-0.2, -0.15) is 0 Å². The Morgan fingerprint density at radius 1 is 0.765 bits per heavy atom. The molecule has 0 fully saturated rings. The van der Waals surface area contributed by atoms with E-state index in [9.17, 15) is 0 Å². The normalized spacial score (nSPS) is 12.5. The number of rotatable bonds is 11. The summed E-state index contributed by atoms with van der Waals surface area (Å²) in [6.07, 6.45) is 19.3. The van der Waals surface area contributed by atoms with E-state index in [-0.39, 0.29) is 0 Å². The Bertz CT molecular complexity index is 162. The molecule has 0 unspecified atom stereocenters. The molecular formula is C16H34P+. The van der Waals surface area contributed by atoms with Crippen LogP contribution in [-0.4, -0.2) is 24.6 Å². The van der Waals surface area contributed by atoms with Crippen molar-refractivity contribution in [3.05, 3.63) is 12.2 Å². The molecule has 0 rings (SSSR count). The lowest BCUT2D eigenvalue weighted by atomic mass is 10.4. The predicted octanol–water partition coefficient (Wildman–Crippen LogP) is 5.98. The highest BCUT2D eigenvalue weighted by molar-refractivity contribution is 7.76. The van der Waals surface area contributed by atoms with Crippen LogP contribution < -0.4 is 0 Å². The lowest BCUT2D eigenvalue weighted by Crippen LogP contribution is -2.11. The summed E-state index contributed by atoms with van der Waals surface area (Å²) in [5, 5.41) is 0. The van der Waals surface area contributed by atoms with E-state index in [1.54, 1.807) is 18.5 Å². The Kier molecular flexibility index (Phi) is 11.4. The fourth-order valence-electron chi connectivity index (χ4n) is 2.42. The van der Waals surface area contributed by atoms with Gasteiger partial charge in [0.15, 0.2) is 0 Å². The second-order valence-corrected chi connectivity index (χ2v) is 9.71. The van der Waals surface area contributed by atoms with E-state index >= 15 is 0 Å². The summed E-state index contributed by atoms with van der Waals surface area (Å²) in [4.78, 5) is 0. The molecule has 0 aliphatic carbocycles. The molecule has 0 aliphatic heterocycles. The number of allylic oxidation sites excluding steroid dienone is 2. The molecule has 0 heterocycles. The lowest BCUT2D eigenvalue weighted by molar-refractivity contribution is 0.836. The third-order valence-corrected chi connectivity index (χ3v) is 8.47. The second kappa shape index (κ2) is 11.3. The van der Waals surface area contributed by atoms with Crippen LogP contribution in [0, 0.1) is 0 Å². The minimum atomic E-state index is -0.649. The standard InChI is InChI=1S/C16H34P/c1-5-9-13-17(14-10-6-2,15-11-7-3)16-12-8-4/h5,9H,6-8,10-16H2,1-4H3/q+1. The maximum Gasteiger partial charge on any atom is 0.0773 e. The number of hydrogen-bond acceptors (Lipinski definition) is 0. The first kappa shape index (κ1) is 17.2. The van der Waals surface area contributed by atoms with Gasteiger partial charge in [0.05, 0.1) is 24.6 Å². The van der Waals surface area contributed by atoms with E-state index in [0.29, 0.717) is 0 Å². The van der Waals surface area contributed by atoms with Gasteiger partial charge in [0.25, 0.3) is 0 Å².